The van der Waals surface area contributed by atoms with E-state index in [4.69, 9.17) is 0 Å². The Morgan fingerprint density at radius 2 is 2.10 bits per heavy atom. The fourth-order valence-corrected chi connectivity index (χ4v) is 1.80. The van der Waals surface area contributed by atoms with E-state index in [9.17, 15) is 14.9 Å². The van der Waals surface area contributed by atoms with Crippen molar-refractivity contribution >= 4 is 33.2 Å². The molecule has 1 N–H and O–H groups in total. The number of nitro groups is 1. The van der Waals surface area contributed by atoms with Crippen LogP contribution in [0.15, 0.2) is 41.1 Å². The average molecular weight is 336 g/mol. The van der Waals surface area contributed by atoms with E-state index in [0.717, 1.165) is 5.56 Å². The van der Waals surface area contributed by atoms with Gasteiger partial charge in [-0.25, -0.2) is 4.98 Å². The molecule has 2 rings (SSSR count). The lowest BCUT2D eigenvalue weighted by Gasteiger charge is -2.08. The molecule has 0 radical (unpaired) electrons. The molecule has 6 nitrogen and oxygen atoms in total. The highest BCUT2D eigenvalue weighted by Crippen LogP contribution is 2.22. The minimum absolute atomic E-state index is 0.0696. The zero-order valence-electron chi connectivity index (χ0n) is 10.5. The van der Waals surface area contributed by atoms with Gasteiger partial charge >= 0.3 is 0 Å². The Morgan fingerprint density at radius 1 is 1.35 bits per heavy atom. The van der Waals surface area contributed by atoms with E-state index in [0.29, 0.717) is 15.9 Å². The number of halogens is 1. The molecule has 2 aromatic rings. The van der Waals surface area contributed by atoms with Crippen molar-refractivity contribution < 1.29 is 9.72 Å². The molecule has 1 amide bonds. The largest absolute Gasteiger partial charge is 0.321 e. The Morgan fingerprint density at radius 3 is 2.70 bits per heavy atom. The van der Waals surface area contributed by atoms with Crippen LogP contribution in [0.2, 0.25) is 0 Å². The molecule has 20 heavy (non-hydrogen) atoms. The number of pyridine rings is 1. The second kappa shape index (κ2) is 5.79. The number of hydrogen-bond donors (Lipinski definition) is 1. The molecule has 0 saturated heterocycles. The number of benzene rings is 1. The molecule has 0 saturated carbocycles. The molecule has 0 fully saturated rings. The van der Waals surface area contributed by atoms with Crippen molar-refractivity contribution in [3.05, 3.63) is 62.4 Å². The van der Waals surface area contributed by atoms with Gasteiger partial charge in [-0.05, 0) is 40.5 Å². The number of anilines is 1. The summed E-state index contributed by atoms with van der Waals surface area (Å²) in [4.78, 5) is 26.2. The van der Waals surface area contributed by atoms with E-state index in [1.54, 1.807) is 25.1 Å². The number of rotatable bonds is 3. The van der Waals surface area contributed by atoms with E-state index < -0.39 is 4.92 Å². The highest BCUT2D eigenvalue weighted by atomic mass is 79.9. The highest BCUT2D eigenvalue weighted by Gasteiger charge is 2.12. The number of carbonyl (C=O) groups is 1. The number of nitrogens with one attached hydrogen (secondary N) is 1. The molecule has 1 aromatic carbocycles. The lowest BCUT2D eigenvalue weighted by molar-refractivity contribution is -0.384. The van der Waals surface area contributed by atoms with Crippen LogP contribution in [0.1, 0.15) is 15.9 Å². The Hall–Kier alpha value is -2.28. The Labute approximate surface area is 123 Å². The summed E-state index contributed by atoms with van der Waals surface area (Å²) in [5.41, 5.74) is 1.46. The molecular formula is C13H10BrN3O3. The summed E-state index contributed by atoms with van der Waals surface area (Å²) in [6.07, 6.45) is 1.42. The summed E-state index contributed by atoms with van der Waals surface area (Å²) in [6.45, 7) is 1.76. The molecule has 0 aliphatic carbocycles. The SMILES string of the molecule is Cc1ccc([N+](=O)[O-])cc1NC(=O)c1ccc(Br)nc1. The lowest BCUT2D eigenvalue weighted by Crippen LogP contribution is -2.13. The van der Waals surface area contributed by atoms with Crippen LogP contribution in [0.4, 0.5) is 11.4 Å². The molecule has 0 unspecified atom stereocenters. The summed E-state index contributed by atoms with van der Waals surface area (Å²) in [5, 5.41) is 13.4. The zero-order chi connectivity index (χ0) is 14.7. The predicted molar refractivity (Wildman–Crippen MR) is 77.7 cm³/mol. The summed E-state index contributed by atoms with van der Waals surface area (Å²) >= 11 is 3.18. The van der Waals surface area contributed by atoms with E-state index in [-0.39, 0.29) is 11.6 Å². The maximum absolute atomic E-state index is 12.0. The van der Waals surface area contributed by atoms with E-state index >= 15 is 0 Å². The van der Waals surface area contributed by atoms with Crippen LogP contribution in [-0.2, 0) is 0 Å². The molecular weight excluding hydrogens is 326 g/mol. The molecule has 0 aliphatic rings. The minimum Gasteiger partial charge on any atom is -0.321 e. The highest BCUT2D eigenvalue weighted by molar-refractivity contribution is 9.10. The van der Waals surface area contributed by atoms with Crippen LogP contribution in [-0.4, -0.2) is 15.8 Å². The molecule has 0 aliphatic heterocycles. The molecule has 0 bridgehead atoms. The first kappa shape index (κ1) is 14.1. The van der Waals surface area contributed by atoms with Crippen LogP contribution >= 0.6 is 15.9 Å². The summed E-state index contributed by atoms with van der Waals surface area (Å²) in [7, 11) is 0. The smallest absolute Gasteiger partial charge is 0.271 e. The van der Waals surface area contributed by atoms with Gasteiger partial charge in [-0.3, -0.25) is 14.9 Å². The third-order valence-electron chi connectivity index (χ3n) is 2.67. The first-order valence-electron chi connectivity index (χ1n) is 5.65. The van der Waals surface area contributed by atoms with Gasteiger partial charge in [0.05, 0.1) is 16.2 Å². The Balaban J connectivity index is 2.25. The fraction of sp³-hybridized carbons (Fsp3) is 0.0769. The molecule has 1 heterocycles. The van der Waals surface area contributed by atoms with Crippen molar-refractivity contribution in [2.24, 2.45) is 0 Å². The Bertz CT molecular complexity index is 671. The Kier molecular flexibility index (Phi) is 4.09. The van der Waals surface area contributed by atoms with E-state index in [1.165, 1.54) is 18.3 Å². The molecule has 102 valence electrons. The van der Waals surface area contributed by atoms with Gasteiger partial charge in [0.1, 0.15) is 4.60 Å². The molecule has 7 heteroatoms. The topological polar surface area (TPSA) is 85.1 Å². The first-order chi connectivity index (χ1) is 9.47. The quantitative estimate of drug-likeness (QED) is 0.529. The van der Waals surface area contributed by atoms with Crippen molar-refractivity contribution in [2.45, 2.75) is 6.92 Å². The number of hydrogen-bond acceptors (Lipinski definition) is 4. The van der Waals surface area contributed by atoms with Gasteiger partial charge in [0.2, 0.25) is 0 Å². The number of amides is 1. The summed E-state index contributed by atoms with van der Waals surface area (Å²) in [6, 6.07) is 7.58. The van der Waals surface area contributed by atoms with Gasteiger partial charge in [0.15, 0.2) is 0 Å². The van der Waals surface area contributed by atoms with E-state index in [2.05, 4.69) is 26.2 Å². The zero-order valence-corrected chi connectivity index (χ0v) is 12.0. The van der Waals surface area contributed by atoms with Gasteiger partial charge in [0.25, 0.3) is 11.6 Å². The average Bonchev–Trinajstić information content (AvgIpc) is 2.41. The lowest BCUT2D eigenvalue weighted by atomic mass is 10.1. The number of nitrogens with zero attached hydrogens (tertiary/aromatic N) is 2. The third kappa shape index (κ3) is 3.18. The van der Waals surface area contributed by atoms with Crippen LogP contribution in [0, 0.1) is 17.0 Å². The monoisotopic (exact) mass is 335 g/mol. The second-order valence-corrected chi connectivity index (χ2v) is 4.89. The van der Waals surface area contributed by atoms with Crippen LogP contribution < -0.4 is 5.32 Å². The fourth-order valence-electron chi connectivity index (χ4n) is 1.56. The number of nitro benzene ring substituents is 1. The number of aryl methyl sites for hydroxylation is 1. The van der Waals surface area contributed by atoms with Gasteiger partial charge in [-0.2, -0.15) is 0 Å². The normalized spacial score (nSPS) is 10.1. The van der Waals surface area contributed by atoms with Gasteiger partial charge < -0.3 is 5.32 Å². The number of carbonyl (C=O) groups excluding carboxylic acids is 1. The van der Waals surface area contributed by atoms with Gasteiger partial charge in [-0.15, -0.1) is 0 Å². The van der Waals surface area contributed by atoms with Crippen LogP contribution in [0.3, 0.4) is 0 Å². The van der Waals surface area contributed by atoms with Gasteiger partial charge in [0, 0.05) is 18.3 Å². The maximum Gasteiger partial charge on any atom is 0.271 e. The van der Waals surface area contributed by atoms with Crippen molar-refractivity contribution in [3.63, 3.8) is 0 Å². The molecule has 1 aromatic heterocycles. The molecule has 0 spiro atoms. The van der Waals surface area contributed by atoms with Crippen molar-refractivity contribution in [3.8, 4) is 0 Å². The molecule has 0 atom stereocenters. The minimum atomic E-state index is -0.504. The predicted octanol–water partition coefficient (Wildman–Crippen LogP) is 3.31. The second-order valence-electron chi connectivity index (χ2n) is 4.08. The summed E-state index contributed by atoms with van der Waals surface area (Å²) in [5.74, 6) is -0.367. The first-order valence-corrected chi connectivity index (χ1v) is 6.44. The standard InChI is InChI=1S/C13H10BrN3O3/c1-8-2-4-10(17(19)20)6-11(8)16-13(18)9-3-5-12(14)15-7-9/h2-7H,1H3,(H,16,18). The van der Waals surface area contributed by atoms with E-state index in [1.807, 2.05) is 0 Å². The third-order valence-corrected chi connectivity index (χ3v) is 3.14. The van der Waals surface area contributed by atoms with Crippen LogP contribution in [0.5, 0.6) is 0 Å². The number of aromatic nitrogens is 1. The summed E-state index contributed by atoms with van der Waals surface area (Å²) < 4.78 is 0.626. The van der Waals surface area contributed by atoms with Crippen molar-refractivity contribution in [1.82, 2.24) is 4.98 Å². The number of non-ortho nitro benzene ring substituents is 1. The maximum atomic E-state index is 12.0. The van der Waals surface area contributed by atoms with Gasteiger partial charge in [-0.1, -0.05) is 6.07 Å². The van der Waals surface area contributed by atoms with Crippen LogP contribution in [0.25, 0.3) is 0 Å². The van der Waals surface area contributed by atoms with Crippen molar-refractivity contribution in [2.75, 3.05) is 5.32 Å². The van der Waals surface area contributed by atoms with Crippen molar-refractivity contribution in [1.29, 1.82) is 0 Å².